The van der Waals surface area contributed by atoms with Crippen LogP contribution in [0.1, 0.15) is 72.6 Å². The zero-order valence-corrected chi connectivity index (χ0v) is 23.9. The van der Waals surface area contributed by atoms with Crippen molar-refractivity contribution in [3.63, 3.8) is 0 Å². The quantitative estimate of drug-likeness (QED) is 0.315. The molecule has 222 valence electrons. The van der Waals surface area contributed by atoms with E-state index in [1.54, 1.807) is 33.8 Å². The van der Waals surface area contributed by atoms with Gasteiger partial charge in [-0.15, -0.1) is 0 Å². The number of unbranched alkanes of at least 4 members (excludes halogenated alkanes) is 1. The van der Waals surface area contributed by atoms with Crippen molar-refractivity contribution < 1.29 is 38.5 Å². The zero-order chi connectivity index (χ0) is 29.7. The number of allylic oxidation sites excluding steroid dienone is 4. The van der Waals surface area contributed by atoms with E-state index in [4.69, 9.17) is 10.5 Å². The number of ketones is 2. The number of ether oxygens (including phenoxy) is 1. The lowest BCUT2D eigenvalue weighted by atomic mass is 9.44. The highest BCUT2D eigenvalue weighted by Crippen LogP contribution is 2.70. The van der Waals surface area contributed by atoms with E-state index in [1.165, 1.54) is 12.2 Å². The molecule has 5 N–H and O–H groups in total. The number of carbonyl (C=O) groups is 4. The van der Waals surface area contributed by atoms with E-state index in [0.29, 0.717) is 50.6 Å². The number of Topliss-reactive ketones (excluding diaryl/α,β-unsaturated/α-hetero) is 1. The maximum absolute atomic E-state index is 17.2. The summed E-state index contributed by atoms with van der Waals surface area (Å²) in [6.45, 7) is 6.59. The molecule has 0 unspecified atom stereocenters. The number of alkyl halides is 1. The molecule has 0 aliphatic heterocycles. The van der Waals surface area contributed by atoms with Crippen LogP contribution in [0.2, 0.25) is 0 Å². The number of alkyl carbamates (subject to hydrolysis) is 1. The van der Waals surface area contributed by atoms with Gasteiger partial charge in [-0.1, -0.05) is 38.8 Å². The SMILES string of the molecule is C[C@@H]1C[C@H]2[C@@H]3CCC4=CC(=O)C=C[C@]4(C)[C@@]3(F)[C@@H](O)C[C@]2(C)[C@@]1(O)C(=O)COC(=O)NCCCC[C@H](C)C(N)=O. The van der Waals surface area contributed by atoms with Gasteiger partial charge in [0.25, 0.3) is 0 Å². The van der Waals surface area contributed by atoms with Crippen LogP contribution in [0.4, 0.5) is 9.18 Å². The molecule has 9 atom stereocenters. The molecule has 9 nitrogen and oxygen atoms in total. The summed E-state index contributed by atoms with van der Waals surface area (Å²) in [5.41, 5.74) is -0.352. The van der Waals surface area contributed by atoms with Crippen LogP contribution < -0.4 is 11.1 Å². The Morgan fingerprint density at radius 2 is 1.95 bits per heavy atom. The van der Waals surface area contributed by atoms with Crippen LogP contribution in [-0.4, -0.2) is 64.3 Å². The molecule has 10 heteroatoms. The first-order chi connectivity index (χ1) is 18.6. The van der Waals surface area contributed by atoms with E-state index in [1.807, 2.05) is 0 Å². The lowest BCUT2D eigenvalue weighted by Gasteiger charge is -2.62. The fourth-order valence-corrected chi connectivity index (χ4v) is 8.34. The molecule has 4 rings (SSSR count). The molecule has 40 heavy (non-hydrogen) atoms. The van der Waals surface area contributed by atoms with Crippen LogP contribution >= 0.6 is 0 Å². The number of rotatable bonds is 9. The molecule has 3 fully saturated rings. The Balaban J connectivity index is 1.43. The lowest BCUT2D eigenvalue weighted by molar-refractivity contribution is -0.219. The van der Waals surface area contributed by atoms with Crippen molar-refractivity contribution in [3.8, 4) is 0 Å². The van der Waals surface area contributed by atoms with Crippen LogP contribution in [-0.2, 0) is 19.1 Å². The molecule has 0 heterocycles. The minimum atomic E-state index is -2.06. The normalized spacial score (nSPS) is 40.8. The molecule has 0 radical (unpaired) electrons. The van der Waals surface area contributed by atoms with E-state index in [0.717, 1.165) is 0 Å². The molecule has 4 aliphatic rings. The average molecular weight is 563 g/mol. The Morgan fingerprint density at radius 1 is 1.25 bits per heavy atom. The fraction of sp³-hybridized carbons (Fsp3) is 0.733. The van der Waals surface area contributed by atoms with E-state index in [-0.39, 0.29) is 24.0 Å². The maximum atomic E-state index is 17.2. The predicted molar refractivity (Wildman–Crippen MR) is 144 cm³/mol. The highest BCUT2D eigenvalue weighted by Gasteiger charge is 2.75. The number of aliphatic hydroxyl groups excluding tert-OH is 1. The van der Waals surface area contributed by atoms with Crippen molar-refractivity contribution in [2.45, 2.75) is 90.0 Å². The monoisotopic (exact) mass is 562 g/mol. The zero-order valence-electron chi connectivity index (χ0n) is 23.9. The van der Waals surface area contributed by atoms with E-state index < -0.39 is 64.4 Å². The van der Waals surface area contributed by atoms with Crippen molar-refractivity contribution in [2.75, 3.05) is 13.2 Å². The van der Waals surface area contributed by atoms with E-state index in [9.17, 15) is 29.4 Å². The van der Waals surface area contributed by atoms with Crippen LogP contribution in [0.25, 0.3) is 0 Å². The van der Waals surface area contributed by atoms with Crippen LogP contribution in [0, 0.1) is 34.5 Å². The number of amides is 2. The van der Waals surface area contributed by atoms with Crippen LogP contribution in [0.5, 0.6) is 0 Å². The van der Waals surface area contributed by atoms with E-state index >= 15 is 4.39 Å². The van der Waals surface area contributed by atoms with Crippen molar-refractivity contribution in [2.24, 2.45) is 40.2 Å². The second-order valence-electron chi connectivity index (χ2n) is 12.9. The summed E-state index contributed by atoms with van der Waals surface area (Å²) in [7, 11) is 0. The number of halogens is 1. The first kappa shape index (κ1) is 30.4. The van der Waals surface area contributed by atoms with Crippen LogP contribution in [0.3, 0.4) is 0 Å². The number of fused-ring (bicyclic) bond motifs is 5. The molecule has 0 aromatic heterocycles. The number of nitrogens with two attached hydrogens (primary N) is 1. The molecule has 0 spiro atoms. The molecule has 0 aromatic carbocycles. The Hall–Kier alpha value is -2.59. The first-order valence-electron chi connectivity index (χ1n) is 14.4. The standard InChI is InChI=1S/C30H43FN2O7/c1-17(25(32)37)7-5-6-12-33-26(38)40-16-24(36)30(39)18(2)13-22-21-9-8-19-14-20(34)10-11-27(19,3)29(21,31)23(35)15-28(22,30)4/h10-11,14,17-18,21-23,35,39H,5-9,12-13,15-16H2,1-4H3,(H2,32,37)(H,33,38)/t17-,18+,21-,22-,23-,27-,28-,29-,30-/m0/s1. The van der Waals surface area contributed by atoms with Crippen molar-refractivity contribution in [3.05, 3.63) is 23.8 Å². The molecule has 0 saturated heterocycles. The summed E-state index contributed by atoms with van der Waals surface area (Å²) < 4.78 is 22.4. The second-order valence-corrected chi connectivity index (χ2v) is 12.9. The summed E-state index contributed by atoms with van der Waals surface area (Å²) in [6.07, 6.45) is 5.15. The Kier molecular flexibility index (Phi) is 8.10. The maximum Gasteiger partial charge on any atom is 0.407 e. The second kappa shape index (κ2) is 10.7. The highest BCUT2D eigenvalue weighted by molar-refractivity contribution is 6.01. The van der Waals surface area contributed by atoms with Crippen molar-refractivity contribution >= 4 is 23.6 Å². The topological polar surface area (TPSA) is 156 Å². The number of hydrogen-bond acceptors (Lipinski definition) is 7. The lowest BCUT2D eigenvalue weighted by Crippen LogP contribution is -2.69. The number of carbonyl (C=O) groups excluding carboxylic acids is 4. The third-order valence-electron chi connectivity index (χ3n) is 10.8. The van der Waals surface area contributed by atoms with Crippen molar-refractivity contribution in [1.82, 2.24) is 5.32 Å². The Bertz CT molecular complexity index is 1140. The van der Waals surface area contributed by atoms with Crippen LogP contribution in [0.15, 0.2) is 23.8 Å². The van der Waals surface area contributed by atoms with E-state index in [2.05, 4.69) is 5.32 Å². The molecule has 4 aliphatic carbocycles. The summed E-state index contributed by atoms with van der Waals surface area (Å²) >= 11 is 0. The third-order valence-corrected chi connectivity index (χ3v) is 10.8. The summed E-state index contributed by atoms with van der Waals surface area (Å²) in [4.78, 5) is 48.8. The van der Waals surface area contributed by atoms with Gasteiger partial charge in [-0.05, 0) is 69.4 Å². The van der Waals surface area contributed by atoms with Gasteiger partial charge in [0.2, 0.25) is 11.7 Å². The number of hydrogen-bond donors (Lipinski definition) is 4. The molecule has 2 amide bonds. The van der Waals surface area contributed by atoms with Gasteiger partial charge in [-0.2, -0.15) is 0 Å². The third kappa shape index (κ3) is 4.51. The van der Waals surface area contributed by atoms with Gasteiger partial charge in [0.1, 0.15) is 5.60 Å². The average Bonchev–Trinajstić information content (AvgIpc) is 3.09. The summed E-state index contributed by atoms with van der Waals surface area (Å²) in [5.74, 6) is -3.05. The van der Waals surface area contributed by atoms with Crippen molar-refractivity contribution in [1.29, 1.82) is 0 Å². The number of nitrogens with one attached hydrogen (secondary N) is 1. The molecular formula is C30H43FN2O7. The van der Waals surface area contributed by atoms with Gasteiger partial charge in [0.15, 0.2) is 18.1 Å². The first-order valence-corrected chi connectivity index (χ1v) is 14.4. The number of aliphatic hydroxyl groups is 2. The highest BCUT2D eigenvalue weighted by atomic mass is 19.1. The Morgan fingerprint density at radius 3 is 2.62 bits per heavy atom. The van der Waals surface area contributed by atoms with Gasteiger partial charge in [-0.25, -0.2) is 9.18 Å². The van der Waals surface area contributed by atoms with Gasteiger partial charge >= 0.3 is 6.09 Å². The largest absolute Gasteiger partial charge is 0.441 e. The minimum absolute atomic E-state index is 0.141. The summed E-state index contributed by atoms with van der Waals surface area (Å²) in [6, 6.07) is 0. The smallest absolute Gasteiger partial charge is 0.407 e. The molecule has 0 bridgehead atoms. The van der Waals surface area contributed by atoms with Gasteiger partial charge < -0.3 is 26.0 Å². The summed E-state index contributed by atoms with van der Waals surface area (Å²) in [5, 5.41) is 25.9. The molecule has 0 aromatic rings. The molecular weight excluding hydrogens is 519 g/mol. The number of primary amides is 1. The van der Waals surface area contributed by atoms with Gasteiger partial charge in [0, 0.05) is 29.2 Å². The Labute approximate surface area is 234 Å². The molecule has 3 saturated carbocycles. The van der Waals surface area contributed by atoms with Gasteiger partial charge in [0.05, 0.1) is 6.10 Å². The van der Waals surface area contributed by atoms with Gasteiger partial charge in [-0.3, -0.25) is 14.4 Å². The fourth-order valence-electron chi connectivity index (χ4n) is 8.34. The minimum Gasteiger partial charge on any atom is -0.441 e. The predicted octanol–water partition coefficient (Wildman–Crippen LogP) is 2.92.